The number of benzene rings is 2. The van der Waals surface area contributed by atoms with Gasteiger partial charge in [0, 0.05) is 29.5 Å². The fourth-order valence-electron chi connectivity index (χ4n) is 3.09. The molecule has 32 heavy (non-hydrogen) atoms. The second-order valence-electron chi connectivity index (χ2n) is 7.05. The van der Waals surface area contributed by atoms with Gasteiger partial charge in [-0.25, -0.2) is 14.4 Å². The number of carbonyl (C=O) groups is 1. The summed E-state index contributed by atoms with van der Waals surface area (Å²) in [7, 11) is 1.51. The van der Waals surface area contributed by atoms with E-state index < -0.39 is 18.5 Å². The summed E-state index contributed by atoms with van der Waals surface area (Å²) >= 11 is 0. The number of anilines is 2. The van der Waals surface area contributed by atoms with Crippen molar-refractivity contribution in [3.8, 4) is 11.5 Å². The van der Waals surface area contributed by atoms with Crippen molar-refractivity contribution in [3.63, 3.8) is 0 Å². The molecule has 0 aliphatic rings. The number of hydrogen-bond acceptors (Lipinski definition) is 8. The zero-order valence-corrected chi connectivity index (χ0v) is 20.2. The molecule has 0 bridgehead atoms. The predicted octanol–water partition coefficient (Wildman–Crippen LogP) is -0.507. The molecule has 2 N–H and O–H groups in total. The second-order valence-corrected chi connectivity index (χ2v) is 7.05. The summed E-state index contributed by atoms with van der Waals surface area (Å²) in [5, 5.41) is 24.0. The number of ether oxygens (including phenoxy) is 2. The molecule has 0 saturated heterocycles. The van der Waals surface area contributed by atoms with Crippen LogP contribution >= 0.6 is 0 Å². The normalized spacial score (nSPS) is 11.5. The molecule has 0 radical (unpaired) electrons. The number of aliphatic hydroxyl groups is 1. The van der Waals surface area contributed by atoms with E-state index >= 15 is 0 Å². The summed E-state index contributed by atoms with van der Waals surface area (Å²) in [6.45, 7) is 1.93. The largest absolute Gasteiger partial charge is 1.00 e. The van der Waals surface area contributed by atoms with Gasteiger partial charge in [-0.05, 0) is 49.6 Å². The van der Waals surface area contributed by atoms with E-state index in [0.717, 1.165) is 0 Å². The first-order chi connectivity index (χ1) is 14.9. The molecule has 0 amide bonds. The Labute approximate surface area is 207 Å². The van der Waals surface area contributed by atoms with Gasteiger partial charge in [-0.2, -0.15) is 0 Å². The number of carboxylic acids is 1. The van der Waals surface area contributed by atoms with E-state index in [1.54, 1.807) is 31.2 Å². The van der Waals surface area contributed by atoms with Gasteiger partial charge < -0.3 is 29.8 Å². The standard InChI is InChI=1S/C22H24FN3O5.Na/c1-13-8-14(5-6-17(13)23)26-22-16-10-20(19(30-2)11-18(16)24-12-25-22)31-7-3-4-15(27)9-21(28)29;/h5-6,8,10-12,15,27H,3-4,7,9H2,1-2H3,(H,28,29)(H,24,25,26);/q;+1/p-1. The summed E-state index contributed by atoms with van der Waals surface area (Å²) in [6, 6.07) is 8.15. The summed E-state index contributed by atoms with van der Waals surface area (Å²) in [5.74, 6) is -0.125. The molecule has 0 spiro atoms. The fraction of sp³-hybridized carbons (Fsp3) is 0.318. The number of rotatable bonds is 10. The Bertz CT molecular complexity index is 1080. The van der Waals surface area contributed by atoms with E-state index in [1.165, 1.54) is 19.5 Å². The first kappa shape index (κ1) is 25.8. The van der Waals surface area contributed by atoms with E-state index in [9.17, 15) is 19.4 Å². The van der Waals surface area contributed by atoms with Gasteiger partial charge in [0.15, 0.2) is 11.5 Å². The van der Waals surface area contributed by atoms with E-state index in [1.807, 2.05) is 0 Å². The van der Waals surface area contributed by atoms with Crippen LogP contribution < -0.4 is 49.5 Å². The van der Waals surface area contributed by atoms with Gasteiger partial charge in [-0.1, -0.05) is 0 Å². The van der Waals surface area contributed by atoms with Crippen LogP contribution in [0, 0.1) is 12.7 Å². The van der Waals surface area contributed by atoms with Crippen molar-refractivity contribution in [1.29, 1.82) is 0 Å². The van der Waals surface area contributed by atoms with E-state index in [4.69, 9.17) is 9.47 Å². The van der Waals surface area contributed by atoms with Crippen LogP contribution in [0.1, 0.15) is 24.8 Å². The van der Waals surface area contributed by atoms with Gasteiger partial charge in [0.25, 0.3) is 0 Å². The zero-order chi connectivity index (χ0) is 22.4. The molecule has 1 unspecified atom stereocenters. The smallest absolute Gasteiger partial charge is 0.550 e. The third-order valence-electron chi connectivity index (χ3n) is 4.68. The first-order valence-electron chi connectivity index (χ1n) is 9.74. The van der Waals surface area contributed by atoms with Gasteiger partial charge in [0.1, 0.15) is 18.0 Å². The number of halogens is 1. The average molecular weight is 451 g/mol. The summed E-state index contributed by atoms with van der Waals surface area (Å²) in [6.07, 6.45) is 0.745. The Morgan fingerprint density at radius 3 is 2.72 bits per heavy atom. The molecular formula is C22H23FN3NaO5. The molecule has 10 heteroatoms. The summed E-state index contributed by atoms with van der Waals surface area (Å²) in [4.78, 5) is 19.1. The molecule has 1 atom stereocenters. The number of nitrogens with one attached hydrogen (secondary N) is 1. The second kappa shape index (κ2) is 12.0. The van der Waals surface area contributed by atoms with Crippen LogP contribution in [0.4, 0.5) is 15.9 Å². The van der Waals surface area contributed by atoms with Crippen molar-refractivity contribution < 1.29 is 58.4 Å². The number of carboxylic acid groups (broad SMARTS) is 1. The minimum atomic E-state index is -1.29. The van der Waals surface area contributed by atoms with Crippen LogP contribution in [0.5, 0.6) is 11.5 Å². The van der Waals surface area contributed by atoms with Crippen molar-refractivity contribution in [2.75, 3.05) is 19.0 Å². The van der Waals surface area contributed by atoms with Crippen molar-refractivity contribution >= 4 is 28.4 Å². The monoisotopic (exact) mass is 451 g/mol. The van der Waals surface area contributed by atoms with Gasteiger partial charge >= 0.3 is 29.6 Å². The molecule has 0 fully saturated rings. The van der Waals surface area contributed by atoms with Crippen LogP contribution in [0.15, 0.2) is 36.7 Å². The van der Waals surface area contributed by atoms with Crippen LogP contribution in [0.2, 0.25) is 0 Å². The minimum absolute atomic E-state index is 0. The molecule has 0 aliphatic carbocycles. The zero-order valence-electron chi connectivity index (χ0n) is 18.2. The summed E-state index contributed by atoms with van der Waals surface area (Å²) in [5.41, 5.74) is 1.82. The Hall–Kier alpha value is -2.46. The van der Waals surface area contributed by atoms with Gasteiger partial charge in [0.2, 0.25) is 0 Å². The predicted molar refractivity (Wildman–Crippen MR) is 111 cm³/mol. The van der Waals surface area contributed by atoms with Crippen molar-refractivity contribution in [2.45, 2.75) is 32.3 Å². The van der Waals surface area contributed by atoms with Gasteiger partial charge in [0.05, 0.1) is 25.3 Å². The maximum absolute atomic E-state index is 13.6. The maximum atomic E-state index is 13.6. The number of aryl methyl sites for hydroxylation is 1. The molecule has 1 heterocycles. The Kier molecular flexibility index (Phi) is 9.64. The van der Waals surface area contributed by atoms with Gasteiger partial charge in [-0.15, -0.1) is 0 Å². The number of methoxy groups -OCH3 is 1. The Balaban J connectivity index is 0.00000363. The SMILES string of the molecule is COc1cc2ncnc(Nc3ccc(F)c(C)c3)c2cc1OCCCC(O)CC(=O)[O-].[Na+]. The number of carbonyl (C=O) groups excluding carboxylic acids is 1. The van der Waals surface area contributed by atoms with E-state index in [2.05, 4.69) is 15.3 Å². The Morgan fingerprint density at radius 1 is 1.25 bits per heavy atom. The molecule has 8 nitrogen and oxygen atoms in total. The van der Waals surface area contributed by atoms with E-state index in [-0.39, 0.29) is 48.4 Å². The molecule has 3 rings (SSSR count). The molecule has 2 aromatic carbocycles. The molecule has 0 saturated carbocycles. The number of aliphatic hydroxyl groups excluding tert-OH is 1. The number of aliphatic carboxylic acids is 1. The van der Waals surface area contributed by atoms with Crippen molar-refractivity contribution in [3.05, 3.63) is 48.0 Å². The van der Waals surface area contributed by atoms with E-state index in [0.29, 0.717) is 45.9 Å². The van der Waals surface area contributed by atoms with Crippen molar-refractivity contribution in [2.24, 2.45) is 0 Å². The fourth-order valence-corrected chi connectivity index (χ4v) is 3.09. The molecule has 3 aromatic rings. The number of aromatic nitrogens is 2. The maximum Gasteiger partial charge on any atom is 1.00 e. The third kappa shape index (κ3) is 6.77. The van der Waals surface area contributed by atoms with Crippen LogP contribution in [0.25, 0.3) is 10.9 Å². The van der Waals surface area contributed by atoms with Crippen molar-refractivity contribution in [1.82, 2.24) is 9.97 Å². The molecular weight excluding hydrogens is 428 g/mol. The Morgan fingerprint density at radius 2 is 2.03 bits per heavy atom. The third-order valence-corrected chi connectivity index (χ3v) is 4.68. The molecule has 0 aliphatic heterocycles. The minimum Gasteiger partial charge on any atom is -0.550 e. The quantitative estimate of drug-likeness (QED) is 0.313. The van der Waals surface area contributed by atoms with Crippen LogP contribution in [-0.4, -0.2) is 40.9 Å². The molecule has 1 aromatic heterocycles. The first-order valence-corrected chi connectivity index (χ1v) is 9.74. The molecule has 164 valence electrons. The van der Waals surface area contributed by atoms with Gasteiger partial charge in [-0.3, -0.25) is 0 Å². The number of nitrogens with zero attached hydrogens (tertiary/aromatic N) is 2. The van der Waals surface area contributed by atoms with Crippen LogP contribution in [0.3, 0.4) is 0 Å². The average Bonchev–Trinajstić information content (AvgIpc) is 2.73. The summed E-state index contributed by atoms with van der Waals surface area (Å²) < 4.78 is 24.7. The number of hydrogen-bond donors (Lipinski definition) is 2. The topological polar surface area (TPSA) is 117 Å². The number of fused-ring (bicyclic) bond motifs is 1. The van der Waals surface area contributed by atoms with Crippen LogP contribution in [-0.2, 0) is 4.79 Å².